The highest BCUT2D eigenvalue weighted by molar-refractivity contribution is 6.31. The summed E-state index contributed by atoms with van der Waals surface area (Å²) in [4.78, 5) is 4.59. The van der Waals surface area contributed by atoms with Crippen LogP contribution in [0.3, 0.4) is 0 Å². The third-order valence-electron chi connectivity index (χ3n) is 3.14. The van der Waals surface area contributed by atoms with E-state index in [0.29, 0.717) is 6.10 Å². The Morgan fingerprint density at radius 3 is 2.89 bits per heavy atom. The number of ether oxygens (including phenoxy) is 1. The summed E-state index contributed by atoms with van der Waals surface area (Å²) in [6.45, 7) is 4.65. The number of hydrogen-bond donors (Lipinski definition) is 0. The lowest BCUT2D eigenvalue weighted by Gasteiger charge is -2.34. The highest BCUT2D eigenvalue weighted by Crippen LogP contribution is 2.18. The number of hydrogen-bond acceptors (Lipinski definition) is 3. The van der Waals surface area contributed by atoms with Crippen molar-refractivity contribution in [1.82, 2.24) is 9.80 Å². The van der Waals surface area contributed by atoms with Crippen LogP contribution in [0, 0.1) is 0 Å². The molecule has 1 aromatic carbocycles. The van der Waals surface area contributed by atoms with E-state index in [-0.39, 0.29) is 0 Å². The summed E-state index contributed by atoms with van der Waals surface area (Å²) in [6.07, 6.45) is 0.302. The summed E-state index contributed by atoms with van der Waals surface area (Å²) >= 11 is 6.20. The number of likely N-dealkylation sites (N-methyl/N-ethyl adjacent to an activating group) is 1. The molecule has 2 rings (SSSR count). The first-order valence-electron chi connectivity index (χ1n) is 6.37. The molecule has 0 spiro atoms. The molecule has 0 saturated carbocycles. The molecule has 3 nitrogen and oxygen atoms in total. The van der Waals surface area contributed by atoms with Crippen LogP contribution < -0.4 is 0 Å². The van der Waals surface area contributed by atoms with Crippen LogP contribution >= 0.6 is 11.6 Å². The average molecular weight is 269 g/mol. The van der Waals surface area contributed by atoms with Gasteiger partial charge in [-0.2, -0.15) is 0 Å². The Labute approximate surface area is 114 Å². The number of rotatable bonds is 4. The third kappa shape index (κ3) is 3.95. The number of halogens is 1. The molecule has 18 heavy (non-hydrogen) atoms. The van der Waals surface area contributed by atoms with Gasteiger partial charge in [-0.05, 0) is 25.7 Å². The highest BCUT2D eigenvalue weighted by atomic mass is 35.5. The molecule has 100 valence electrons. The van der Waals surface area contributed by atoms with Crippen LogP contribution in [0.25, 0.3) is 0 Å². The molecule has 1 atom stereocenters. The molecule has 1 aliphatic rings. The molecule has 4 heteroatoms. The maximum Gasteiger partial charge on any atom is 0.0829 e. The predicted octanol–water partition coefficient (Wildman–Crippen LogP) is 2.10. The van der Waals surface area contributed by atoms with Gasteiger partial charge in [-0.3, -0.25) is 4.90 Å². The first-order valence-corrected chi connectivity index (χ1v) is 6.75. The van der Waals surface area contributed by atoms with Crippen LogP contribution in [0.2, 0.25) is 5.02 Å². The highest BCUT2D eigenvalue weighted by Gasteiger charge is 2.21. The van der Waals surface area contributed by atoms with Gasteiger partial charge in [0.25, 0.3) is 0 Å². The maximum absolute atomic E-state index is 6.20. The van der Waals surface area contributed by atoms with E-state index in [9.17, 15) is 0 Å². The van der Waals surface area contributed by atoms with Gasteiger partial charge in [0.05, 0.1) is 12.7 Å². The first kappa shape index (κ1) is 13.8. The van der Waals surface area contributed by atoms with E-state index < -0.39 is 0 Å². The Hall–Kier alpha value is -0.610. The van der Waals surface area contributed by atoms with Crippen molar-refractivity contribution in [2.45, 2.75) is 12.6 Å². The lowest BCUT2D eigenvalue weighted by molar-refractivity contribution is -0.0406. The fourth-order valence-corrected chi connectivity index (χ4v) is 2.50. The summed E-state index contributed by atoms with van der Waals surface area (Å²) in [6, 6.07) is 8.06. The summed E-state index contributed by atoms with van der Waals surface area (Å²) in [7, 11) is 4.16. The zero-order valence-electron chi connectivity index (χ0n) is 11.1. The normalized spacial score (nSPS) is 21.4. The van der Waals surface area contributed by atoms with Crippen LogP contribution in [-0.2, 0) is 11.3 Å². The zero-order chi connectivity index (χ0) is 13.0. The van der Waals surface area contributed by atoms with Crippen molar-refractivity contribution in [2.24, 2.45) is 0 Å². The molecule has 1 saturated heterocycles. The lowest BCUT2D eigenvalue weighted by atomic mass is 10.2. The fraction of sp³-hybridized carbons (Fsp3) is 0.571. The van der Waals surface area contributed by atoms with Gasteiger partial charge in [0.2, 0.25) is 0 Å². The summed E-state index contributed by atoms with van der Waals surface area (Å²) in [5, 5.41) is 0.855. The van der Waals surface area contributed by atoms with Gasteiger partial charge in [-0.25, -0.2) is 0 Å². The molecule has 0 unspecified atom stereocenters. The van der Waals surface area contributed by atoms with Gasteiger partial charge in [0, 0.05) is 31.2 Å². The van der Waals surface area contributed by atoms with Crippen molar-refractivity contribution < 1.29 is 4.74 Å². The number of nitrogens with zero attached hydrogens (tertiary/aromatic N) is 2. The van der Waals surface area contributed by atoms with Crippen LogP contribution in [0.15, 0.2) is 24.3 Å². The second kappa shape index (κ2) is 6.53. The topological polar surface area (TPSA) is 15.7 Å². The molecule has 0 bridgehead atoms. The molecule has 0 amide bonds. The zero-order valence-corrected chi connectivity index (χ0v) is 11.9. The average Bonchev–Trinajstić information content (AvgIpc) is 2.32. The van der Waals surface area contributed by atoms with Crippen LogP contribution in [0.1, 0.15) is 5.56 Å². The molecule has 1 aliphatic heterocycles. The summed E-state index contributed by atoms with van der Waals surface area (Å²) in [5.41, 5.74) is 1.20. The Morgan fingerprint density at radius 1 is 1.39 bits per heavy atom. The van der Waals surface area contributed by atoms with E-state index >= 15 is 0 Å². The number of benzene rings is 1. The number of morpholine rings is 1. The minimum absolute atomic E-state index is 0.302. The molecule has 1 aromatic rings. The minimum atomic E-state index is 0.302. The molecule has 0 aliphatic carbocycles. The van der Waals surface area contributed by atoms with Gasteiger partial charge >= 0.3 is 0 Å². The van der Waals surface area contributed by atoms with Crippen LogP contribution in [-0.4, -0.2) is 56.2 Å². The van der Waals surface area contributed by atoms with E-state index in [1.54, 1.807) is 0 Å². The lowest BCUT2D eigenvalue weighted by Crippen LogP contribution is -2.45. The van der Waals surface area contributed by atoms with Gasteiger partial charge < -0.3 is 9.64 Å². The first-order chi connectivity index (χ1) is 8.65. The maximum atomic E-state index is 6.20. The molecule has 1 fully saturated rings. The Morgan fingerprint density at radius 2 is 2.17 bits per heavy atom. The minimum Gasteiger partial charge on any atom is -0.374 e. The van der Waals surface area contributed by atoms with Gasteiger partial charge in [-0.15, -0.1) is 0 Å². The second-order valence-electron chi connectivity index (χ2n) is 5.08. The van der Waals surface area contributed by atoms with Crippen molar-refractivity contribution in [3.05, 3.63) is 34.9 Å². The molecule has 1 heterocycles. The predicted molar refractivity (Wildman–Crippen MR) is 75.0 cm³/mol. The van der Waals surface area contributed by atoms with Gasteiger partial charge in [0.15, 0.2) is 0 Å². The van der Waals surface area contributed by atoms with Gasteiger partial charge in [0.1, 0.15) is 0 Å². The van der Waals surface area contributed by atoms with Crippen molar-refractivity contribution >= 4 is 11.6 Å². The van der Waals surface area contributed by atoms with Crippen molar-refractivity contribution in [2.75, 3.05) is 40.3 Å². The SMILES string of the molecule is CN(C)C[C@@H]1CN(Cc2ccccc2Cl)CCO1. The van der Waals surface area contributed by atoms with E-state index in [4.69, 9.17) is 16.3 Å². The smallest absolute Gasteiger partial charge is 0.0829 e. The Kier molecular flexibility index (Phi) is 5.01. The standard InChI is InChI=1S/C14H21ClN2O/c1-16(2)10-13-11-17(7-8-18-13)9-12-5-3-4-6-14(12)15/h3-6,13H,7-11H2,1-2H3/t13-/m1/s1. The third-order valence-corrected chi connectivity index (χ3v) is 3.51. The second-order valence-corrected chi connectivity index (χ2v) is 5.49. The molecular formula is C14H21ClN2O. The fourth-order valence-electron chi connectivity index (χ4n) is 2.31. The molecule has 0 N–H and O–H groups in total. The van der Waals surface area contributed by atoms with E-state index in [1.165, 1.54) is 5.56 Å². The summed E-state index contributed by atoms with van der Waals surface area (Å²) in [5.74, 6) is 0. The largest absolute Gasteiger partial charge is 0.374 e. The van der Waals surface area contributed by atoms with Gasteiger partial charge in [-0.1, -0.05) is 29.8 Å². The van der Waals surface area contributed by atoms with E-state index in [0.717, 1.165) is 37.8 Å². The molecular weight excluding hydrogens is 248 g/mol. The van der Waals surface area contributed by atoms with Crippen molar-refractivity contribution in [3.8, 4) is 0 Å². The molecule has 0 radical (unpaired) electrons. The Balaban J connectivity index is 1.91. The van der Waals surface area contributed by atoms with Crippen molar-refractivity contribution in [1.29, 1.82) is 0 Å². The van der Waals surface area contributed by atoms with E-state index in [1.807, 2.05) is 18.2 Å². The monoisotopic (exact) mass is 268 g/mol. The Bertz CT molecular complexity index is 384. The van der Waals surface area contributed by atoms with Crippen LogP contribution in [0.4, 0.5) is 0 Å². The molecule has 0 aromatic heterocycles. The van der Waals surface area contributed by atoms with Crippen molar-refractivity contribution in [3.63, 3.8) is 0 Å². The summed E-state index contributed by atoms with van der Waals surface area (Å²) < 4.78 is 5.77. The van der Waals surface area contributed by atoms with E-state index in [2.05, 4.69) is 30.0 Å². The van der Waals surface area contributed by atoms with Crippen LogP contribution in [0.5, 0.6) is 0 Å². The quantitative estimate of drug-likeness (QED) is 0.832.